The number of halogens is 2. The minimum atomic E-state index is -0.289. The molecule has 9 heteroatoms. The highest BCUT2D eigenvalue weighted by Gasteiger charge is 2.10. The van der Waals surface area contributed by atoms with Gasteiger partial charge in [-0.15, -0.1) is 11.3 Å². The number of hydrogen-bond donors (Lipinski definition) is 2. The van der Waals surface area contributed by atoms with E-state index >= 15 is 0 Å². The van der Waals surface area contributed by atoms with Crippen LogP contribution in [0.15, 0.2) is 80.1 Å². The zero-order chi connectivity index (χ0) is 27.6. The van der Waals surface area contributed by atoms with Crippen molar-refractivity contribution in [3.63, 3.8) is 0 Å². The SMILES string of the molecule is CCCCCCOc1c(Br)cc(/C=N/NC(=O)c2ccc(-c3csc(Nc4ccc(C)cc4)n3)cc2)cc1Br. The van der Waals surface area contributed by atoms with Gasteiger partial charge in [0, 0.05) is 22.2 Å². The molecule has 6 nitrogen and oxygen atoms in total. The van der Waals surface area contributed by atoms with Crippen LogP contribution >= 0.6 is 43.2 Å². The Labute approximate surface area is 250 Å². The Morgan fingerprint density at radius 3 is 2.44 bits per heavy atom. The quantitative estimate of drug-likeness (QED) is 0.0896. The Balaban J connectivity index is 1.31. The van der Waals surface area contributed by atoms with Crippen LogP contribution in [-0.4, -0.2) is 23.7 Å². The van der Waals surface area contributed by atoms with E-state index in [9.17, 15) is 4.79 Å². The predicted molar refractivity (Wildman–Crippen MR) is 169 cm³/mol. The van der Waals surface area contributed by atoms with E-state index in [0.717, 1.165) is 55.2 Å². The van der Waals surface area contributed by atoms with Gasteiger partial charge in [-0.05, 0) is 87.2 Å². The Morgan fingerprint density at radius 2 is 1.74 bits per heavy atom. The van der Waals surface area contributed by atoms with Crippen molar-refractivity contribution >= 4 is 66.1 Å². The number of hydrogen-bond acceptors (Lipinski definition) is 6. The van der Waals surface area contributed by atoms with E-state index in [1.165, 1.54) is 29.7 Å². The van der Waals surface area contributed by atoms with Crippen LogP contribution in [0.2, 0.25) is 0 Å². The molecular weight excluding hydrogens is 640 g/mol. The molecule has 0 saturated carbocycles. The number of unbranched alkanes of at least 4 members (excludes halogenated alkanes) is 3. The summed E-state index contributed by atoms with van der Waals surface area (Å²) in [6.07, 6.45) is 6.21. The van der Waals surface area contributed by atoms with E-state index in [1.54, 1.807) is 18.3 Å². The summed E-state index contributed by atoms with van der Waals surface area (Å²) in [5, 5.41) is 10.3. The van der Waals surface area contributed by atoms with Gasteiger partial charge in [0.15, 0.2) is 5.13 Å². The molecule has 0 saturated heterocycles. The number of aryl methyl sites for hydroxylation is 1. The number of amides is 1. The summed E-state index contributed by atoms with van der Waals surface area (Å²) >= 11 is 8.68. The largest absolute Gasteiger partial charge is 0.491 e. The molecule has 0 bridgehead atoms. The topological polar surface area (TPSA) is 75.6 Å². The van der Waals surface area contributed by atoms with E-state index in [0.29, 0.717) is 12.2 Å². The average molecular weight is 670 g/mol. The highest BCUT2D eigenvalue weighted by Crippen LogP contribution is 2.34. The molecule has 2 N–H and O–H groups in total. The fourth-order valence-corrected chi connectivity index (χ4v) is 5.93. The summed E-state index contributed by atoms with van der Waals surface area (Å²) in [7, 11) is 0. The Morgan fingerprint density at radius 1 is 1.03 bits per heavy atom. The molecule has 0 aliphatic carbocycles. The van der Waals surface area contributed by atoms with Crippen LogP contribution in [0.3, 0.4) is 0 Å². The first-order chi connectivity index (χ1) is 18.9. The van der Waals surface area contributed by atoms with Crippen molar-refractivity contribution in [2.75, 3.05) is 11.9 Å². The molecule has 39 heavy (non-hydrogen) atoms. The van der Waals surface area contributed by atoms with E-state index in [1.807, 2.05) is 41.8 Å². The molecule has 202 valence electrons. The van der Waals surface area contributed by atoms with Gasteiger partial charge in [0.1, 0.15) is 5.75 Å². The highest BCUT2D eigenvalue weighted by molar-refractivity contribution is 9.11. The Bertz CT molecular complexity index is 1400. The standard InChI is InChI=1S/C30H30Br2N4O2S/c1-3-4-5-6-15-38-28-25(31)16-21(17-26(28)32)18-33-36-29(37)23-11-9-22(10-12-23)27-19-39-30(35-27)34-24-13-7-20(2)8-14-24/h7-14,16-19H,3-6,15H2,1-2H3,(H,34,35)(H,36,37)/b33-18+. The maximum atomic E-state index is 12.6. The number of aromatic nitrogens is 1. The monoisotopic (exact) mass is 668 g/mol. The van der Waals surface area contributed by atoms with E-state index in [-0.39, 0.29) is 5.91 Å². The second kappa shape index (κ2) is 14.4. The molecule has 4 aromatic rings. The number of carbonyl (C=O) groups is 1. The van der Waals surface area contributed by atoms with E-state index < -0.39 is 0 Å². The minimum Gasteiger partial charge on any atom is -0.491 e. The molecular formula is C30H30Br2N4O2S. The van der Waals surface area contributed by atoms with Crippen LogP contribution in [0, 0.1) is 6.92 Å². The molecule has 0 unspecified atom stereocenters. The summed E-state index contributed by atoms with van der Waals surface area (Å²) < 4.78 is 7.59. The number of benzene rings is 3. The third kappa shape index (κ3) is 8.49. The van der Waals surface area contributed by atoms with Crippen LogP contribution in [0.5, 0.6) is 5.75 Å². The van der Waals surface area contributed by atoms with Gasteiger partial charge in [0.25, 0.3) is 5.91 Å². The number of hydrazone groups is 1. The van der Waals surface area contributed by atoms with Crippen LogP contribution in [-0.2, 0) is 0 Å². The molecule has 4 rings (SSSR count). The van der Waals surface area contributed by atoms with Crippen LogP contribution < -0.4 is 15.5 Å². The second-order valence-electron chi connectivity index (χ2n) is 9.03. The van der Waals surface area contributed by atoms with Crippen molar-refractivity contribution in [3.05, 3.63) is 91.7 Å². The molecule has 1 heterocycles. The smallest absolute Gasteiger partial charge is 0.271 e. The van der Waals surface area contributed by atoms with Gasteiger partial charge in [-0.2, -0.15) is 5.10 Å². The summed E-state index contributed by atoms with van der Waals surface area (Å²) in [4.78, 5) is 17.3. The van der Waals surface area contributed by atoms with Crippen LogP contribution in [0.4, 0.5) is 10.8 Å². The average Bonchev–Trinajstić information content (AvgIpc) is 3.39. The summed E-state index contributed by atoms with van der Waals surface area (Å²) in [6, 6.07) is 19.3. The van der Waals surface area contributed by atoms with Crippen molar-refractivity contribution < 1.29 is 9.53 Å². The number of nitrogens with zero attached hydrogens (tertiary/aromatic N) is 2. The van der Waals surface area contributed by atoms with Crippen LogP contribution in [0.1, 0.15) is 54.1 Å². The first-order valence-electron chi connectivity index (χ1n) is 12.8. The summed E-state index contributed by atoms with van der Waals surface area (Å²) in [5.74, 6) is 0.480. The number of anilines is 2. The molecule has 0 spiro atoms. The Hall–Kier alpha value is -3.01. The zero-order valence-corrected chi connectivity index (χ0v) is 25.8. The molecule has 0 radical (unpaired) electrons. The van der Waals surface area contributed by atoms with Crippen molar-refractivity contribution in [3.8, 4) is 17.0 Å². The maximum absolute atomic E-state index is 12.6. The molecule has 0 aliphatic heterocycles. The highest BCUT2D eigenvalue weighted by atomic mass is 79.9. The Kier molecular flexibility index (Phi) is 10.7. The number of rotatable bonds is 12. The third-order valence-corrected chi connectivity index (χ3v) is 7.83. The van der Waals surface area contributed by atoms with Gasteiger partial charge in [-0.3, -0.25) is 4.79 Å². The van der Waals surface area contributed by atoms with Gasteiger partial charge in [0.2, 0.25) is 0 Å². The van der Waals surface area contributed by atoms with Gasteiger partial charge < -0.3 is 10.1 Å². The number of thiazole rings is 1. The maximum Gasteiger partial charge on any atom is 0.271 e. The summed E-state index contributed by atoms with van der Waals surface area (Å²) in [5.41, 5.74) is 7.92. The van der Waals surface area contributed by atoms with E-state index in [4.69, 9.17) is 4.74 Å². The lowest BCUT2D eigenvalue weighted by atomic mass is 10.1. The molecule has 0 aliphatic rings. The van der Waals surface area contributed by atoms with Gasteiger partial charge in [-0.1, -0.05) is 56.0 Å². The predicted octanol–water partition coefficient (Wildman–Crippen LogP) is 9.11. The fraction of sp³-hybridized carbons (Fsp3) is 0.233. The number of ether oxygens (including phenoxy) is 1. The normalized spacial score (nSPS) is 11.1. The molecule has 1 amide bonds. The zero-order valence-electron chi connectivity index (χ0n) is 21.8. The van der Waals surface area contributed by atoms with Crippen molar-refractivity contribution in [1.82, 2.24) is 10.4 Å². The van der Waals surface area contributed by atoms with Crippen molar-refractivity contribution in [2.24, 2.45) is 5.10 Å². The van der Waals surface area contributed by atoms with Gasteiger partial charge >= 0.3 is 0 Å². The summed E-state index contributed by atoms with van der Waals surface area (Å²) in [6.45, 7) is 4.93. The van der Waals surface area contributed by atoms with Gasteiger partial charge in [-0.25, -0.2) is 10.4 Å². The number of nitrogens with one attached hydrogen (secondary N) is 2. The van der Waals surface area contributed by atoms with Gasteiger partial charge in [0.05, 0.1) is 27.5 Å². The molecule has 1 aromatic heterocycles. The first kappa shape index (κ1) is 29.0. The lowest BCUT2D eigenvalue weighted by Gasteiger charge is -2.11. The van der Waals surface area contributed by atoms with E-state index in [2.05, 4.69) is 78.7 Å². The molecule has 0 fully saturated rings. The fourth-order valence-electron chi connectivity index (χ4n) is 3.74. The third-order valence-electron chi connectivity index (χ3n) is 5.89. The second-order valence-corrected chi connectivity index (χ2v) is 11.6. The van der Waals surface area contributed by atoms with Crippen molar-refractivity contribution in [2.45, 2.75) is 39.5 Å². The lowest BCUT2D eigenvalue weighted by Crippen LogP contribution is -2.17. The van der Waals surface area contributed by atoms with Crippen LogP contribution in [0.25, 0.3) is 11.3 Å². The first-order valence-corrected chi connectivity index (χ1v) is 15.2. The minimum absolute atomic E-state index is 0.289. The molecule has 3 aromatic carbocycles. The molecule has 0 atom stereocenters. The number of carbonyl (C=O) groups excluding carboxylic acids is 1. The van der Waals surface area contributed by atoms with Crippen molar-refractivity contribution in [1.29, 1.82) is 0 Å². The lowest BCUT2D eigenvalue weighted by molar-refractivity contribution is 0.0955.